The Kier molecular flexibility index (Phi) is 7.32. The third-order valence-corrected chi connectivity index (χ3v) is 5.02. The van der Waals surface area contributed by atoms with E-state index in [2.05, 4.69) is 10.0 Å². The summed E-state index contributed by atoms with van der Waals surface area (Å²) in [6.07, 6.45) is 0.307. The molecule has 0 saturated heterocycles. The highest BCUT2D eigenvalue weighted by molar-refractivity contribution is 7.89. The predicted octanol–water partition coefficient (Wildman–Crippen LogP) is 2.25. The summed E-state index contributed by atoms with van der Waals surface area (Å²) in [7, 11) is -3.81. The fourth-order valence-electron chi connectivity index (χ4n) is 2.31. The van der Waals surface area contributed by atoms with Crippen molar-refractivity contribution in [1.82, 2.24) is 10.0 Å². The van der Waals surface area contributed by atoms with Gasteiger partial charge >= 0.3 is 0 Å². The smallest absolute Gasteiger partial charge is 0.241 e. The van der Waals surface area contributed by atoms with Gasteiger partial charge in [0.25, 0.3) is 0 Å². The molecular formula is C19H23FN2O4S. The highest BCUT2D eigenvalue weighted by Gasteiger charge is 2.15. The standard InChI is InChI=1S/C19H23FN2O4S/c1-14(2)26-16-7-9-17(10-8-16)27(24,25)22-13-19(23)21-12-11-15-5-3-4-6-18(15)20/h3-10,14,22H,11-13H2,1-2H3,(H,21,23). The van der Waals surface area contributed by atoms with Gasteiger partial charge in [0.15, 0.2) is 0 Å². The van der Waals surface area contributed by atoms with E-state index >= 15 is 0 Å². The Hall–Kier alpha value is -2.45. The maximum atomic E-state index is 13.5. The average Bonchev–Trinajstić information content (AvgIpc) is 2.62. The van der Waals surface area contributed by atoms with Gasteiger partial charge in [0.1, 0.15) is 11.6 Å². The van der Waals surface area contributed by atoms with E-state index in [1.165, 1.54) is 18.2 Å². The molecule has 27 heavy (non-hydrogen) atoms. The van der Waals surface area contributed by atoms with E-state index in [9.17, 15) is 17.6 Å². The molecule has 2 rings (SSSR count). The van der Waals surface area contributed by atoms with Gasteiger partial charge in [0.2, 0.25) is 15.9 Å². The maximum Gasteiger partial charge on any atom is 0.241 e. The minimum Gasteiger partial charge on any atom is -0.491 e. The summed E-state index contributed by atoms with van der Waals surface area (Å²) in [5.74, 6) is -0.262. The summed E-state index contributed by atoms with van der Waals surface area (Å²) >= 11 is 0. The van der Waals surface area contributed by atoms with Crippen molar-refractivity contribution in [3.8, 4) is 5.75 Å². The number of sulfonamides is 1. The van der Waals surface area contributed by atoms with Crippen LogP contribution in [0, 0.1) is 5.82 Å². The number of amides is 1. The van der Waals surface area contributed by atoms with Crippen LogP contribution in [-0.2, 0) is 21.2 Å². The van der Waals surface area contributed by atoms with E-state index in [4.69, 9.17) is 4.74 Å². The van der Waals surface area contributed by atoms with Crippen LogP contribution in [0.5, 0.6) is 5.75 Å². The van der Waals surface area contributed by atoms with Crippen molar-refractivity contribution in [3.63, 3.8) is 0 Å². The van der Waals surface area contributed by atoms with Gasteiger partial charge in [-0.2, -0.15) is 0 Å². The summed E-state index contributed by atoms with van der Waals surface area (Å²) < 4.78 is 45.7. The van der Waals surface area contributed by atoms with Crippen LogP contribution in [0.25, 0.3) is 0 Å². The molecule has 2 aromatic carbocycles. The first-order chi connectivity index (χ1) is 12.8. The number of hydrogen-bond acceptors (Lipinski definition) is 4. The summed E-state index contributed by atoms with van der Waals surface area (Å²) in [5.41, 5.74) is 0.488. The van der Waals surface area contributed by atoms with E-state index in [0.29, 0.717) is 17.7 Å². The third-order valence-electron chi connectivity index (χ3n) is 3.60. The number of benzene rings is 2. The molecule has 8 heteroatoms. The fraction of sp³-hybridized carbons (Fsp3) is 0.316. The molecule has 0 fully saturated rings. The molecule has 0 aromatic heterocycles. The quantitative estimate of drug-likeness (QED) is 0.683. The summed E-state index contributed by atoms with van der Waals surface area (Å²) in [6, 6.07) is 12.2. The molecule has 6 nitrogen and oxygen atoms in total. The van der Waals surface area contributed by atoms with Crippen LogP contribution in [0.15, 0.2) is 53.4 Å². The lowest BCUT2D eigenvalue weighted by molar-refractivity contribution is -0.119. The minimum atomic E-state index is -3.81. The number of halogens is 1. The second-order valence-electron chi connectivity index (χ2n) is 6.15. The lowest BCUT2D eigenvalue weighted by Crippen LogP contribution is -2.37. The minimum absolute atomic E-state index is 0.0151. The van der Waals surface area contributed by atoms with Gasteiger partial charge in [-0.15, -0.1) is 0 Å². The van der Waals surface area contributed by atoms with Crippen LogP contribution < -0.4 is 14.8 Å². The average molecular weight is 394 g/mol. The lowest BCUT2D eigenvalue weighted by atomic mass is 10.1. The first-order valence-corrected chi connectivity index (χ1v) is 10.0. The summed E-state index contributed by atoms with van der Waals surface area (Å²) in [5, 5.41) is 2.56. The van der Waals surface area contributed by atoms with Gasteiger partial charge in [-0.05, 0) is 56.2 Å². The Balaban J connectivity index is 1.81. The number of rotatable bonds is 9. The number of carbonyl (C=O) groups is 1. The molecule has 0 spiro atoms. The molecule has 0 atom stereocenters. The Morgan fingerprint density at radius 3 is 2.41 bits per heavy atom. The van der Waals surface area contributed by atoms with Crippen LogP contribution in [-0.4, -0.2) is 33.5 Å². The molecule has 0 saturated carbocycles. The number of nitrogens with one attached hydrogen (secondary N) is 2. The van der Waals surface area contributed by atoms with Gasteiger partial charge in [-0.1, -0.05) is 18.2 Å². The zero-order valence-electron chi connectivity index (χ0n) is 15.2. The second kappa shape index (κ2) is 9.48. The largest absolute Gasteiger partial charge is 0.491 e. The molecule has 146 valence electrons. The second-order valence-corrected chi connectivity index (χ2v) is 7.92. The van der Waals surface area contributed by atoms with E-state index < -0.39 is 22.5 Å². The van der Waals surface area contributed by atoms with Crippen molar-refractivity contribution in [2.75, 3.05) is 13.1 Å². The molecule has 0 aliphatic carbocycles. The molecule has 0 aliphatic rings. The SMILES string of the molecule is CC(C)Oc1ccc(S(=O)(=O)NCC(=O)NCCc2ccccc2F)cc1. The predicted molar refractivity (Wildman–Crippen MR) is 101 cm³/mol. The number of hydrogen-bond donors (Lipinski definition) is 2. The lowest BCUT2D eigenvalue weighted by Gasteiger charge is -2.11. The first kappa shape index (κ1) is 20.9. The van der Waals surface area contributed by atoms with Gasteiger partial charge in [-0.25, -0.2) is 17.5 Å². The molecule has 0 bridgehead atoms. The van der Waals surface area contributed by atoms with E-state index in [1.807, 2.05) is 13.8 Å². The van der Waals surface area contributed by atoms with Crippen molar-refractivity contribution >= 4 is 15.9 Å². The molecule has 0 heterocycles. The highest BCUT2D eigenvalue weighted by Crippen LogP contribution is 2.16. The van der Waals surface area contributed by atoms with Crippen molar-refractivity contribution in [3.05, 3.63) is 59.9 Å². The molecular weight excluding hydrogens is 371 g/mol. The van der Waals surface area contributed by atoms with Crippen molar-refractivity contribution < 1.29 is 22.3 Å². The first-order valence-electron chi connectivity index (χ1n) is 8.54. The number of carbonyl (C=O) groups excluding carboxylic acids is 1. The molecule has 1 amide bonds. The fourth-order valence-corrected chi connectivity index (χ4v) is 3.30. The van der Waals surface area contributed by atoms with Gasteiger partial charge in [-0.3, -0.25) is 4.79 Å². The van der Waals surface area contributed by atoms with Gasteiger partial charge in [0, 0.05) is 6.54 Å². The van der Waals surface area contributed by atoms with Crippen molar-refractivity contribution in [2.24, 2.45) is 0 Å². The zero-order chi connectivity index (χ0) is 19.9. The zero-order valence-corrected chi connectivity index (χ0v) is 16.1. The Morgan fingerprint density at radius 2 is 1.78 bits per heavy atom. The maximum absolute atomic E-state index is 13.5. The van der Waals surface area contributed by atoms with Crippen LogP contribution in [0.2, 0.25) is 0 Å². The Labute approximate surface area is 158 Å². The third kappa shape index (κ3) is 6.65. The van der Waals surface area contributed by atoms with Crippen molar-refractivity contribution in [1.29, 1.82) is 0 Å². The molecule has 0 aliphatic heterocycles. The van der Waals surface area contributed by atoms with Gasteiger partial charge < -0.3 is 10.1 Å². The van der Waals surface area contributed by atoms with Gasteiger partial charge in [0.05, 0.1) is 17.5 Å². The van der Waals surface area contributed by atoms with E-state index in [0.717, 1.165) is 0 Å². The topological polar surface area (TPSA) is 84.5 Å². The van der Waals surface area contributed by atoms with E-state index in [-0.39, 0.29) is 23.4 Å². The van der Waals surface area contributed by atoms with Crippen LogP contribution in [0.3, 0.4) is 0 Å². The van der Waals surface area contributed by atoms with Crippen LogP contribution >= 0.6 is 0 Å². The van der Waals surface area contributed by atoms with Crippen LogP contribution in [0.4, 0.5) is 4.39 Å². The molecule has 2 N–H and O–H groups in total. The molecule has 0 radical (unpaired) electrons. The Morgan fingerprint density at radius 1 is 1.11 bits per heavy atom. The summed E-state index contributed by atoms with van der Waals surface area (Å²) in [4.78, 5) is 11.9. The van der Waals surface area contributed by atoms with Crippen LogP contribution in [0.1, 0.15) is 19.4 Å². The molecule has 2 aromatic rings. The monoisotopic (exact) mass is 394 g/mol. The normalized spacial score (nSPS) is 11.4. The van der Waals surface area contributed by atoms with Crippen molar-refractivity contribution in [2.45, 2.75) is 31.3 Å². The molecule has 0 unspecified atom stereocenters. The highest BCUT2D eigenvalue weighted by atomic mass is 32.2. The summed E-state index contributed by atoms with van der Waals surface area (Å²) in [6.45, 7) is 3.56. The Bertz CT molecular complexity index is 868. The number of ether oxygens (including phenoxy) is 1. The van der Waals surface area contributed by atoms with E-state index in [1.54, 1.807) is 30.3 Å².